The van der Waals surface area contributed by atoms with E-state index in [-0.39, 0.29) is 6.42 Å². The maximum absolute atomic E-state index is 10.8. The molecule has 0 spiro atoms. The molecule has 1 aromatic carbocycles. The lowest BCUT2D eigenvalue weighted by Crippen LogP contribution is -2.36. The molecule has 3 heteroatoms. The SMILES string of the molecule is Cc1cccc2c1CCC2(N)CC(=O)O. The van der Waals surface area contributed by atoms with Gasteiger partial charge in [0, 0.05) is 0 Å². The Morgan fingerprint density at radius 2 is 2.33 bits per heavy atom. The van der Waals surface area contributed by atoms with Crippen molar-refractivity contribution in [2.45, 2.75) is 31.7 Å². The molecule has 1 aliphatic rings. The van der Waals surface area contributed by atoms with Gasteiger partial charge >= 0.3 is 5.97 Å². The molecule has 2 rings (SSSR count). The summed E-state index contributed by atoms with van der Waals surface area (Å²) in [5.41, 5.74) is 8.97. The Hall–Kier alpha value is -1.35. The monoisotopic (exact) mass is 205 g/mol. The van der Waals surface area contributed by atoms with E-state index in [1.807, 2.05) is 25.1 Å². The summed E-state index contributed by atoms with van der Waals surface area (Å²) in [5, 5.41) is 8.85. The first kappa shape index (κ1) is 10.2. The van der Waals surface area contributed by atoms with Crippen LogP contribution in [0, 0.1) is 6.92 Å². The van der Waals surface area contributed by atoms with Crippen LogP contribution in [0.1, 0.15) is 29.5 Å². The molecule has 0 bridgehead atoms. The van der Waals surface area contributed by atoms with Gasteiger partial charge in [-0.3, -0.25) is 4.79 Å². The van der Waals surface area contributed by atoms with Crippen molar-refractivity contribution in [2.75, 3.05) is 0 Å². The second kappa shape index (κ2) is 3.35. The van der Waals surface area contributed by atoms with Crippen molar-refractivity contribution in [3.05, 3.63) is 34.9 Å². The first-order chi connectivity index (χ1) is 7.03. The van der Waals surface area contributed by atoms with Gasteiger partial charge in [-0.15, -0.1) is 0 Å². The van der Waals surface area contributed by atoms with E-state index in [1.54, 1.807) is 0 Å². The Morgan fingerprint density at radius 1 is 1.60 bits per heavy atom. The number of benzene rings is 1. The van der Waals surface area contributed by atoms with Crippen LogP contribution in [0.2, 0.25) is 0 Å². The number of aryl methyl sites for hydroxylation is 1. The molecule has 0 radical (unpaired) electrons. The summed E-state index contributed by atoms with van der Waals surface area (Å²) >= 11 is 0. The smallest absolute Gasteiger partial charge is 0.305 e. The summed E-state index contributed by atoms with van der Waals surface area (Å²) in [6.07, 6.45) is 1.65. The van der Waals surface area contributed by atoms with Crippen LogP contribution in [-0.2, 0) is 16.8 Å². The van der Waals surface area contributed by atoms with E-state index in [0.717, 1.165) is 18.4 Å². The van der Waals surface area contributed by atoms with Crippen molar-refractivity contribution in [2.24, 2.45) is 5.73 Å². The van der Waals surface area contributed by atoms with Crippen molar-refractivity contribution < 1.29 is 9.90 Å². The van der Waals surface area contributed by atoms with Gasteiger partial charge in [0.15, 0.2) is 0 Å². The lowest BCUT2D eigenvalue weighted by atomic mass is 9.89. The van der Waals surface area contributed by atoms with E-state index in [2.05, 4.69) is 0 Å². The molecule has 0 aromatic heterocycles. The van der Waals surface area contributed by atoms with Crippen LogP contribution in [0.4, 0.5) is 0 Å². The number of hydrogen-bond acceptors (Lipinski definition) is 2. The van der Waals surface area contributed by atoms with Crippen LogP contribution >= 0.6 is 0 Å². The maximum atomic E-state index is 10.8. The van der Waals surface area contributed by atoms with Crippen LogP contribution in [-0.4, -0.2) is 11.1 Å². The van der Waals surface area contributed by atoms with Gasteiger partial charge in [0.1, 0.15) is 0 Å². The van der Waals surface area contributed by atoms with Gasteiger partial charge in [-0.05, 0) is 36.5 Å². The number of fused-ring (bicyclic) bond motifs is 1. The van der Waals surface area contributed by atoms with E-state index >= 15 is 0 Å². The number of carboxylic acids is 1. The van der Waals surface area contributed by atoms with Crippen LogP contribution in [0.15, 0.2) is 18.2 Å². The standard InChI is InChI=1S/C12H15NO2/c1-8-3-2-4-10-9(8)5-6-12(10,13)7-11(14)15/h2-4H,5-7,13H2,1H3,(H,14,15). The summed E-state index contributed by atoms with van der Waals surface area (Å²) < 4.78 is 0. The average molecular weight is 205 g/mol. The first-order valence-electron chi connectivity index (χ1n) is 5.12. The zero-order valence-electron chi connectivity index (χ0n) is 8.79. The van der Waals surface area contributed by atoms with E-state index in [1.165, 1.54) is 11.1 Å². The predicted octanol–water partition coefficient (Wildman–Crippen LogP) is 1.57. The third-order valence-corrected chi connectivity index (χ3v) is 3.23. The van der Waals surface area contributed by atoms with Gasteiger partial charge in [-0.1, -0.05) is 18.2 Å². The molecule has 15 heavy (non-hydrogen) atoms. The summed E-state index contributed by atoms with van der Waals surface area (Å²) in [6.45, 7) is 2.05. The van der Waals surface area contributed by atoms with Gasteiger partial charge in [0.05, 0.1) is 12.0 Å². The van der Waals surface area contributed by atoms with Crippen molar-refractivity contribution in [3.63, 3.8) is 0 Å². The van der Waals surface area contributed by atoms with Gasteiger partial charge in [0.25, 0.3) is 0 Å². The van der Waals surface area contributed by atoms with Gasteiger partial charge in [-0.2, -0.15) is 0 Å². The molecule has 0 saturated carbocycles. The Labute approximate surface area is 88.9 Å². The molecule has 1 aliphatic carbocycles. The molecule has 1 aromatic rings. The van der Waals surface area contributed by atoms with E-state index in [9.17, 15) is 4.79 Å². The molecule has 80 valence electrons. The minimum Gasteiger partial charge on any atom is -0.481 e. The number of hydrogen-bond donors (Lipinski definition) is 2. The summed E-state index contributed by atoms with van der Waals surface area (Å²) in [4.78, 5) is 10.8. The van der Waals surface area contributed by atoms with Crippen molar-refractivity contribution in [3.8, 4) is 0 Å². The first-order valence-corrected chi connectivity index (χ1v) is 5.12. The zero-order chi connectivity index (χ0) is 11.1. The molecule has 0 aliphatic heterocycles. The van der Waals surface area contributed by atoms with Crippen molar-refractivity contribution in [1.82, 2.24) is 0 Å². The minimum atomic E-state index is -0.827. The third kappa shape index (κ3) is 1.63. The Bertz CT molecular complexity index is 414. The molecular formula is C12H15NO2. The molecule has 0 amide bonds. The van der Waals surface area contributed by atoms with E-state index < -0.39 is 11.5 Å². The number of nitrogens with two attached hydrogens (primary N) is 1. The Balaban J connectivity index is 2.43. The molecular weight excluding hydrogens is 190 g/mol. The summed E-state index contributed by atoms with van der Waals surface area (Å²) in [6, 6.07) is 5.95. The van der Waals surface area contributed by atoms with Gasteiger partial charge in [-0.25, -0.2) is 0 Å². The zero-order valence-corrected chi connectivity index (χ0v) is 8.79. The summed E-state index contributed by atoms with van der Waals surface area (Å²) in [7, 11) is 0. The predicted molar refractivity (Wildman–Crippen MR) is 57.6 cm³/mol. The average Bonchev–Trinajstić information content (AvgIpc) is 2.44. The van der Waals surface area contributed by atoms with Crippen LogP contribution in [0.25, 0.3) is 0 Å². The van der Waals surface area contributed by atoms with E-state index in [4.69, 9.17) is 10.8 Å². The van der Waals surface area contributed by atoms with Crippen molar-refractivity contribution in [1.29, 1.82) is 0 Å². The highest BCUT2D eigenvalue weighted by atomic mass is 16.4. The number of carbonyl (C=O) groups is 1. The van der Waals surface area contributed by atoms with Crippen molar-refractivity contribution >= 4 is 5.97 Å². The summed E-state index contributed by atoms with van der Waals surface area (Å²) in [5.74, 6) is -0.827. The normalized spacial score (nSPS) is 23.9. The second-order valence-electron chi connectivity index (χ2n) is 4.33. The maximum Gasteiger partial charge on any atom is 0.305 e. The molecule has 3 nitrogen and oxygen atoms in total. The second-order valence-corrected chi connectivity index (χ2v) is 4.33. The Morgan fingerprint density at radius 3 is 3.00 bits per heavy atom. The molecule has 1 unspecified atom stereocenters. The highest BCUT2D eigenvalue weighted by Gasteiger charge is 2.37. The number of aliphatic carboxylic acids is 1. The quantitative estimate of drug-likeness (QED) is 0.770. The molecule has 1 atom stereocenters. The molecule has 0 heterocycles. The molecule has 0 saturated heterocycles. The highest BCUT2D eigenvalue weighted by molar-refractivity contribution is 5.69. The minimum absolute atomic E-state index is 0.0173. The lowest BCUT2D eigenvalue weighted by molar-refractivity contribution is -0.138. The fourth-order valence-electron chi connectivity index (χ4n) is 2.44. The number of carboxylic acid groups (broad SMARTS) is 1. The van der Waals surface area contributed by atoms with Crippen LogP contribution in [0.3, 0.4) is 0 Å². The molecule has 3 N–H and O–H groups in total. The van der Waals surface area contributed by atoms with Gasteiger partial charge in [0.2, 0.25) is 0 Å². The molecule has 0 fully saturated rings. The van der Waals surface area contributed by atoms with Crippen LogP contribution in [0.5, 0.6) is 0 Å². The van der Waals surface area contributed by atoms with Crippen LogP contribution < -0.4 is 5.73 Å². The third-order valence-electron chi connectivity index (χ3n) is 3.23. The van der Waals surface area contributed by atoms with E-state index in [0.29, 0.717) is 0 Å². The van der Waals surface area contributed by atoms with Gasteiger partial charge < -0.3 is 10.8 Å². The Kier molecular flexibility index (Phi) is 2.27. The highest BCUT2D eigenvalue weighted by Crippen LogP contribution is 2.38. The largest absolute Gasteiger partial charge is 0.481 e. The number of rotatable bonds is 2. The lowest BCUT2D eigenvalue weighted by Gasteiger charge is -2.23. The fourth-order valence-corrected chi connectivity index (χ4v) is 2.44. The fraction of sp³-hybridized carbons (Fsp3) is 0.417. The topological polar surface area (TPSA) is 63.3 Å².